The van der Waals surface area contributed by atoms with Crippen LogP contribution < -0.4 is 0 Å². The summed E-state index contributed by atoms with van der Waals surface area (Å²) < 4.78 is 0. The molecule has 3 heteroatoms. The summed E-state index contributed by atoms with van der Waals surface area (Å²) in [5, 5.41) is 9.68. The highest BCUT2D eigenvalue weighted by atomic mass is 16.3. The number of ketones is 1. The summed E-state index contributed by atoms with van der Waals surface area (Å²) in [4.78, 5) is 15.2. The third-order valence-corrected chi connectivity index (χ3v) is 10.2. The average molecular weight is 390 g/mol. The molecule has 0 aromatic carbocycles. The van der Waals surface area contributed by atoms with E-state index in [9.17, 15) is 9.90 Å². The molecule has 1 N–H and O–H groups in total. The number of rotatable bonds is 5. The van der Waals surface area contributed by atoms with Crippen molar-refractivity contribution in [2.75, 3.05) is 27.2 Å². The molecule has 3 nitrogen and oxygen atoms in total. The highest BCUT2D eigenvalue weighted by Crippen LogP contribution is 2.67. The lowest BCUT2D eigenvalue weighted by molar-refractivity contribution is -0.137. The summed E-state index contributed by atoms with van der Waals surface area (Å²) in [7, 11) is 4.14. The van der Waals surface area contributed by atoms with Crippen molar-refractivity contribution in [3.8, 4) is 0 Å². The Kier molecular flexibility index (Phi) is 5.72. The van der Waals surface area contributed by atoms with Crippen LogP contribution in [0.4, 0.5) is 0 Å². The van der Waals surface area contributed by atoms with Gasteiger partial charge in [-0.3, -0.25) is 4.79 Å². The fourth-order valence-corrected chi connectivity index (χ4v) is 8.55. The Bertz CT molecular complexity index is 589. The number of fused-ring (bicyclic) bond motifs is 5. The standard InChI is InChI=1S/C25H43NO2/c1-24-12-9-17(16-27)15-18(24)5-6-19-20-7-8-22(23(28)11-14-26(3)4)25(20,2)13-10-21(19)24/h17-22,27H,5-16H2,1-4H3/t17-,18-,19-,20-,21-,22+,24-,25-/m0/s1. The van der Waals surface area contributed by atoms with E-state index in [0.717, 1.165) is 43.1 Å². The Hall–Kier alpha value is -0.410. The minimum absolute atomic E-state index is 0.260. The Balaban J connectivity index is 1.50. The van der Waals surface area contributed by atoms with E-state index in [1.54, 1.807) is 0 Å². The van der Waals surface area contributed by atoms with E-state index in [2.05, 4.69) is 32.8 Å². The summed E-state index contributed by atoms with van der Waals surface area (Å²) in [6.07, 6.45) is 12.3. The lowest BCUT2D eigenvalue weighted by atomic mass is 9.44. The average Bonchev–Trinajstić information content (AvgIpc) is 3.02. The van der Waals surface area contributed by atoms with Crippen LogP contribution in [0.3, 0.4) is 0 Å². The van der Waals surface area contributed by atoms with Gasteiger partial charge in [-0.2, -0.15) is 0 Å². The van der Waals surface area contributed by atoms with Crippen LogP contribution in [0.25, 0.3) is 0 Å². The molecule has 0 heterocycles. The summed E-state index contributed by atoms with van der Waals surface area (Å²) in [5.41, 5.74) is 0.749. The zero-order valence-electron chi connectivity index (χ0n) is 18.8. The van der Waals surface area contributed by atoms with Gasteiger partial charge in [-0.1, -0.05) is 13.8 Å². The summed E-state index contributed by atoms with van der Waals surface area (Å²) in [5.74, 6) is 4.70. The molecule has 160 valence electrons. The molecule has 0 unspecified atom stereocenters. The number of aliphatic hydroxyl groups is 1. The molecule has 4 aliphatic rings. The number of hydrogen-bond acceptors (Lipinski definition) is 3. The number of carbonyl (C=O) groups is 1. The zero-order chi connectivity index (χ0) is 20.1. The first-order valence-corrected chi connectivity index (χ1v) is 12.1. The van der Waals surface area contributed by atoms with Crippen molar-refractivity contribution in [3.63, 3.8) is 0 Å². The van der Waals surface area contributed by atoms with Gasteiger partial charge in [0.05, 0.1) is 0 Å². The predicted molar refractivity (Wildman–Crippen MR) is 114 cm³/mol. The SMILES string of the molecule is CN(C)CCC(=O)[C@H]1CC[C@H]2[C@@H]3CC[C@H]4C[C@@H](CO)CC[C@]4(C)[C@H]3CC[C@]12C. The molecule has 0 aliphatic heterocycles. The highest BCUT2D eigenvalue weighted by Gasteiger charge is 2.60. The van der Waals surface area contributed by atoms with Gasteiger partial charge >= 0.3 is 0 Å². The molecular weight excluding hydrogens is 346 g/mol. The molecule has 28 heavy (non-hydrogen) atoms. The molecule has 0 aromatic rings. The minimum Gasteiger partial charge on any atom is -0.396 e. The summed E-state index contributed by atoms with van der Waals surface area (Å²) in [6.45, 7) is 6.36. The smallest absolute Gasteiger partial charge is 0.137 e. The van der Waals surface area contributed by atoms with Gasteiger partial charge in [0, 0.05) is 25.5 Å². The van der Waals surface area contributed by atoms with Crippen molar-refractivity contribution in [2.24, 2.45) is 46.3 Å². The number of aliphatic hydroxyl groups excluding tert-OH is 1. The Labute approximate surface area is 172 Å². The van der Waals surface area contributed by atoms with Crippen LogP contribution in [0, 0.1) is 46.3 Å². The van der Waals surface area contributed by atoms with Crippen LogP contribution in [0.15, 0.2) is 0 Å². The lowest BCUT2D eigenvalue weighted by Gasteiger charge is -2.61. The minimum atomic E-state index is 0.260. The van der Waals surface area contributed by atoms with Gasteiger partial charge in [0.25, 0.3) is 0 Å². The molecule has 4 rings (SSSR count). The predicted octanol–water partition coefficient (Wildman–Crippen LogP) is 4.77. The second-order valence-corrected chi connectivity index (χ2v) is 11.7. The van der Waals surface area contributed by atoms with E-state index >= 15 is 0 Å². The second kappa shape index (κ2) is 7.69. The normalized spacial score (nSPS) is 48.1. The van der Waals surface area contributed by atoms with Gasteiger partial charge in [-0.05, 0) is 112 Å². The van der Waals surface area contributed by atoms with Crippen molar-refractivity contribution in [2.45, 2.75) is 78.1 Å². The van der Waals surface area contributed by atoms with Crippen molar-refractivity contribution in [1.29, 1.82) is 0 Å². The number of carbonyl (C=O) groups excluding carboxylic acids is 1. The van der Waals surface area contributed by atoms with Crippen LogP contribution in [0.1, 0.15) is 78.1 Å². The van der Waals surface area contributed by atoms with Crippen molar-refractivity contribution < 1.29 is 9.90 Å². The van der Waals surface area contributed by atoms with E-state index in [4.69, 9.17) is 0 Å². The van der Waals surface area contributed by atoms with Crippen molar-refractivity contribution >= 4 is 5.78 Å². The number of Topliss-reactive ketones (excluding diaryl/α,β-unsaturated/α-hetero) is 1. The molecule has 0 aromatic heterocycles. The third-order valence-electron chi connectivity index (χ3n) is 10.2. The first-order chi connectivity index (χ1) is 13.3. The van der Waals surface area contributed by atoms with Crippen LogP contribution >= 0.6 is 0 Å². The molecule has 4 fully saturated rings. The molecule has 0 bridgehead atoms. The van der Waals surface area contributed by atoms with E-state index in [0.29, 0.717) is 29.6 Å². The molecular formula is C25H43NO2. The van der Waals surface area contributed by atoms with E-state index in [1.165, 1.54) is 51.4 Å². The molecule has 8 atom stereocenters. The number of nitrogens with zero attached hydrogens (tertiary/aromatic N) is 1. The van der Waals surface area contributed by atoms with E-state index in [1.807, 2.05) is 0 Å². The quantitative estimate of drug-likeness (QED) is 0.736. The summed E-state index contributed by atoms with van der Waals surface area (Å²) >= 11 is 0. The maximum atomic E-state index is 13.1. The first kappa shape index (κ1) is 20.8. The fourth-order valence-electron chi connectivity index (χ4n) is 8.55. The summed E-state index contributed by atoms with van der Waals surface area (Å²) in [6, 6.07) is 0. The van der Waals surface area contributed by atoms with Crippen LogP contribution in [0.2, 0.25) is 0 Å². The fraction of sp³-hybridized carbons (Fsp3) is 0.960. The molecule has 0 spiro atoms. The lowest BCUT2D eigenvalue weighted by Crippen LogP contribution is -2.54. The third kappa shape index (κ3) is 3.29. The van der Waals surface area contributed by atoms with Gasteiger partial charge in [0.2, 0.25) is 0 Å². The molecule has 4 aliphatic carbocycles. The van der Waals surface area contributed by atoms with Crippen LogP contribution in [-0.2, 0) is 4.79 Å². The van der Waals surface area contributed by atoms with Crippen molar-refractivity contribution in [3.05, 3.63) is 0 Å². The largest absolute Gasteiger partial charge is 0.396 e. The highest BCUT2D eigenvalue weighted by molar-refractivity contribution is 5.82. The molecule has 0 amide bonds. The zero-order valence-corrected chi connectivity index (χ0v) is 18.8. The second-order valence-electron chi connectivity index (χ2n) is 11.7. The van der Waals surface area contributed by atoms with E-state index < -0.39 is 0 Å². The monoisotopic (exact) mass is 389 g/mol. The van der Waals surface area contributed by atoms with Gasteiger partial charge in [0.1, 0.15) is 5.78 Å². The van der Waals surface area contributed by atoms with Crippen LogP contribution in [-0.4, -0.2) is 43.0 Å². The van der Waals surface area contributed by atoms with E-state index in [-0.39, 0.29) is 5.41 Å². The van der Waals surface area contributed by atoms with Gasteiger partial charge in [-0.15, -0.1) is 0 Å². The maximum absolute atomic E-state index is 13.1. The van der Waals surface area contributed by atoms with Crippen molar-refractivity contribution in [1.82, 2.24) is 4.90 Å². The molecule has 4 saturated carbocycles. The first-order valence-electron chi connectivity index (χ1n) is 12.1. The van der Waals surface area contributed by atoms with Gasteiger partial charge in [-0.25, -0.2) is 0 Å². The molecule has 0 radical (unpaired) electrons. The Morgan fingerprint density at radius 3 is 2.39 bits per heavy atom. The maximum Gasteiger partial charge on any atom is 0.137 e. The molecule has 0 saturated heterocycles. The topological polar surface area (TPSA) is 40.5 Å². The van der Waals surface area contributed by atoms with Gasteiger partial charge in [0.15, 0.2) is 0 Å². The Morgan fingerprint density at radius 1 is 0.964 bits per heavy atom. The Morgan fingerprint density at radius 2 is 1.68 bits per heavy atom. The van der Waals surface area contributed by atoms with Crippen LogP contribution in [0.5, 0.6) is 0 Å². The van der Waals surface area contributed by atoms with Gasteiger partial charge < -0.3 is 10.0 Å². The number of hydrogen-bond donors (Lipinski definition) is 1.